The molecule has 1 unspecified atom stereocenters. The molecule has 8 heteroatoms. The summed E-state index contributed by atoms with van der Waals surface area (Å²) in [6.07, 6.45) is 0. The van der Waals surface area contributed by atoms with Gasteiger partial charge in [-0.2, -0.15) is 0 Å². The van der Waals surface area contributed by atoms with Gasteiger partial charge in [-0.1, -0.05) is 36.4 Å². The molecule has 1 aliphatic rings. The van der Waals surface area contributed by atoms with Crippen LogP contribution in [0.3, 0.4) is 0 Å². The number of nitrogens with zero attached hydrogens (tertiary/aromatic N) is 1. The Morgan fingerprint density at radius 3 is 1.97 bits per heavy atom. The van der Waals surface area contributed by atoms with Gasteiger partial charge in [-0.05, 0) is 42.0 Å². The smallest absolute Gasteiger partial charge is 0.337 e. The first kappa shape index (κ1) is 23.6. The van der Waals surface area contributed by atoms with E-state index in [2.05, 4.69) is 0 Å². The van der Waals surface area contributed by atoms with E-state index in [1.54, 1.807) is 54.6 Å². The number of amides is 1. The molecule has 1 aliphatic heterocycles. The zero-order valence-corrected chi connectivity index (χ0v) is 19.3. The Bertz CT molecular complexity index is 1290. The van der Waals surface area contributed by atoms with Crippen LogP contribution in [-0.4, -0.2) is 44.1 Å². The molecular weight excluding hydrogens is 450 g/mol. The molecule has 35 heavy (non-hydrogen) atoms. The fourth-order valence-electron chi connectivity index (χ4n) is 4.14. The zero-order valence-electron chi connectivity index (χ0n) is 19.3. The van der Waals surface area contributed by atoms with E-state index in [9.17, 15) is 19.5 Å². The summed E-state index contributed by atoms with van der Waals surface area (Å²) in [5.74, 6) is -2.06. The molecule has 1 heterocycles. The van der Waals surface area contributed by atoms with Crippen molar-refractivity contribution in [2.45, 2.75) is 6.04 Å². The summed E-state index contributed by atoms with van der Waals surface area (Å²) in [4.78, 5) is 39.8. The van der Waals surface area contributed by atoms with Gasteiger partial charge in [-0.25, -0.2) is 4.79 Å². The highest BCUT2D eigenvalue weighted by atomic mass is 16.5. The summed E-state index contributed by atoms with van der Waals surface area (Å²) in [6.45, 7) is 0. The van der Waals surface area contributed by atoms with Crippen LogP contribution in [0.5, 0.6) is 11.5 Å². The van der Waals surface area contributed by atoms with Gasteiger partial charge in [0.1, 0.15) is 22.8 Å². The minimum atomic E-state index is -0.935. The standard InChI is InChI=1S/C27H23NO7/c1-33-19-10-7-11-20(34-2)21(19)24(29)22-23(16-8-5-4-6-9-16)28(26(31)25(22)30)18-14-12-17(13-15-18)27(32)35-3/h4-15,23,29H,1-3H3/b24-22+. The molecule has 3 aromatic rings. The Labute approximate surface area is 202 Å². The van der Waals surface area contributed by atoms with Crippen LogP contribution in [0.25, 0.3) is 5.76 Å². The quantitative estimate of drug-likeness (QED) is 0.249. The second kappa shape index (κ2) is 9.72. The Balaban J connectivity index is 1.94. The van der Waals surface area contributed by atoms with Crippen LogP contribution in [0.4, 0.5) is 5.69 Å². The van der Waals surface area contributed by atoms with Gasteiger partial charge in [-0.3, -0.25) is 14.5 Å². The fourth-order valence-corrected chi connectivity index (χ4v) is 4.14. The molecular formula is C27H23NO7. The first-order chi connectivity index (χ1) is 16.9. The monoisotopic (exact) mass is 473 g/mol. The van der Waals surface area contributed by atoms with E-state index < -0.39 is 29.5 Å². The number of ether oxygens (including phenoxy) is 3. The summed E-state index contributed by atoms with van der Waals surface area (Å²) < 4.78 is 15.5. The normalized spacial score (nSPS) is 16.8. The van der Waals surface area contributed by atoms with E-state index in [1.807, 2.05) is 6.07 Å². The van der Waals surface area contributed by atoms with Crippen molar-refractivity contribution in [3.63, 3.8) is 0 Å². The molecule has 4 rings (SSSR count). The van der Waals surface area contributed by atoms with E-state index in [0.717, 1.165) is 0 Å². The maximum atomic E-state index is 13.3. The summed E-state index contributed by atoms with van der Waals surface area (Å²) in [6, 6.07) is 19.0. The lowest BCUT2D eigenvalue weighted by Gasteiger charge is -2.26. The number of esters is 1. The van der Waals surface area contributed by atoms with Crippen LogP contribution >= 0.6 is 0 Å². The van der Waals surface area contributed by atoms with E-state index in [1.165, 1.54) is 38.4 Å². The number of benzene rings is 3. The number of rotatable bonds is 6. The molecule has 178 valence electrons. The van der Waals surface area contributed by atoms with Crippen molar-refractivity contribution in [1.29, 1.82) is 0 Å². The molecule has 0 aliphatic carbocycles. The maximum absolute atomic E-state index is 13.3. The van der Waals surface area contributed by atoms with E-state index in [4.69, 9.17) is 14.2 Å². The lowest BCUT2D eigenvalue weighted by Crippen LogP contribution is -2.29. The highest BCUT2D eigenvalue weighted by molar-refractivity contribution is 6.51. The van der Waals surface area contributed by atoms with Crippen molar-refractivity contribution >= 4 is 29.1 Å². The van der Waals surface area contributed by atoms with Gasteiger partial charge in [0.25, 0.3) is 11.7 Å². The Hall–Kier alpha value is -4.59. The number of aliphatic hydroxyl groups is 1. The number of carbonyl (C=O) groups is 3. The average Bonchev–Trinajstić information content (AvgIpc) is 3.17. The topological polar surface area (TPSA) is 102 Å². The van der Waals surface area contributed by atoms with Crippen LogP contribution in [0, 0.1) is 0 Å². The lowest BCUT2D eigenvalue weighted by molar-refractivity contribution is -0.132. The van der Waals surface area contributed by atoms with Crippen molar-refractivity contribution < 1.29 is 33.7 Å². The largest absolute Gasteiger partial charge is 0.506 e. The van der Waals surface area contributed by atoms with Crippen LogP contribution in [-0.2, 0) is 14.3 Å². The first-order valence-corrected chi connectivity index (χ1v) is 10.7. The van der Waals surface area contributed by atoms with Gasteiger partial charge in [0.05, 0.1) is 38.5 Å². The Morgan fingerprint density at radius 2 is 1.43 bits per heavy atom. The summed E-state index contributed by atoms with van der Waals surface area (Å²) >= 11 is 0. The SMILES string of the molecule is COC(=O)c1ccc(N2C(=O)C(=O)/C(=C(/O)c3c(OC)cccc3OC)C2c2ccccc2)cc1. The van der Waals surface area contributed by atoms with Gasteiger partial charge in [0.15, 0.2) is 0 Å². The number of anilines is 1. The van der Waals surface area contributed by atoms with Crippen LogP contribution < -0.4 is 14.4 Å². The molecule has 8 nitrogen and oxygen atoms in total. The van der Waals surface area contributed by atoms with Crippen LogP contribution in [0.15, 0.2) is 78.4 Å². The summed E-state index contributed by atoms with van der Waals surface area (Å²) in [5, 5.41) is 11.4. The first-order valence-electron chi connectivity index (χ1n) is 10.7. The van der Waals surface area contributed by atoms with Crippen molar-refractivity contribution in [3.05, 3.63) is 95.1 Å². The number of aliphatic hydroxyl groups excluding tert-OH is 1. The maximum Gasteiger partial charge on any atom is 0.337 e. The van der Waals surface area contributed by atoms with Crippen molar-refractivity contribution in [3.8, 4) is 11.5 Å². The van der Waals surface area contributed by atoms with E-state index in [0.29, 0.717) is 16.8 Å². The molecule has 0 bridgehead atoms. The second-order valence-corrected chi connectivity index (χ2v) is 7.66. The van der Waals surface area contributed by atoms with Crippen molar-refractivity contribution in [1.82, 2.24) is 0 Å². The Kier molecular flexibility index (Phi) is 6.55. The Morgan fingerprint density at radius 1 is 0.829 bits per heavy atom. The van der Waals surface area contributed by atoms with E-state index >= 15 is 0 Å². The molecule has 1 fully saturated rings. The average molecular weight is 473 g/mol. The third kappa shape index (κ3) is 4.10. The number of carbonyl (C=O) groups excluding carboxylic acids is 3. The van der Waals surface area contributed by atoms with Gasteiger partial charge in [0.2, 0.25) is 0 Å². The predicted octanol–water partition coefficient (Wildman–Crippen LogP) is 4.12. The number of Topliss-reactive ketones (excluding diaryl/α,β-unsaturated/α-hetero) is 1. The summed E-state index contributed by atoms with van der Waals surface area (Å²) in [5.41, 5.74) is 1.33. The third-order valence-corrected chi connectivity index (χ3v) is 5.79. The minimum Gasteiger partial charge on any atom is -0.506 e. The van der Waals surface area contributed by atoms with Gasteiger partial charge in [-0.15, -0.1) is 0 Å². The summed E-state index contributed by atoms with van der Waals surface area (Å²) in [7, 11) is 4.14. The van der Waals surface area contributed by atoms with Gasteiger partial charge in [0, 0.05) is 5.69 Å². The number of hydrogen-bond donors (Lipinski definition) is 1. The molecule has 0 spiro atoms. The third-order valence-electron chi connectivity index (χ3n) is 5.79. The van der Waals surface area contributed by atoms with Gasteiger partial charge < -0.3 is 19.3 Å². The van der Waals surface area contributed by atoms with Crippen molar-refractivity contribution in [2.75, 3.05) is 26.2 Å². The number of methoxy groups -OCH3 is 3. The highest BCUT2D eigenvalue weighted by Gasteiger charge is 2.47. The molecule has 0 saturated carbocycles. The van der Waals surface area contributed by atoms with Gasteiger partial charge >= 0.3 is 5.97 Å². The highest BCUT2D eigenvalue weighted by Crippen LogP contribution is 2.45. The molecule has 0 radical (unpaired) electrons. The van der Waals surface area contributed by atoms with Crippen molar-refractivity contribution in [2.24, 2.45) is 0 Å². The second-order valence-electron chi connectivity index (χ2n) is 7.66. The van der Waals surface area contributed by atoms with Crippen LogP contribution in [0.2, 0.25) is 0 Å². The molecule has 1 atom stereocenters. The lowest BCUT2D eigenvalue weighted by atomic mass is 9.94. The molecule has 0 aromatic heterocycles. The molecule has 1 amide bonds. The van der Waals surface area contributed by atoms with Crippen LogP contribution in [0.1, 0.15) is 27.5 Å². The predicted molar refractivity (Wildman–Crippen MR) is 129 cm³/mol. The number of ketones is 1. The molecule has 1 N–H and O–H groups in total. The fraction of sp³-hybridized carbons (Fsp3) is 0.148. The molecule has 1 saturated heterocycles. The minimum absolute atomic E-state index is 0.110. The number of hydrogen-bond acceptors (Lipinski definition) is 7. The zero-order chi connectivity index (χ0) is 25.1. The van der Waals surface area contributed by atoms with E-state index in [-0.39, 0.29) is 22.6 Å². The molecule has 3 aromatic carbocycles.